The van der Waals surface area contributed by atoms with Gasteiger partial charge in [-0.2, -0.15) is 5.10 Å². The molecular formula is C15H22N4O2. The molecular weight excluding hydrogens is 268 g/mol. The molecule has 21 heavy (non-hydrogen) atoms. The van der Waals surface area contributed by atoms with Gasteiger partial charge in [-0.05, 0) is 25.8 Å². The molecule has 0 radical (unpaired) electrons. The topological polar surface area (TPSA) is 67.2 Å². The molecule has 1 N–H and O–H groups in total. The zero-order valence-electron chi connectivity index (χ0n) is 12.4. The van der Waals surface area contributed by atoms with Gasteiger partial charge in [0, 0.05) is 31.1 Å². The number of likely N-dealkylation sites (tertiary alicyclic amines) is 1. The van der Waals surface area contributed by atoms with Crippen molar-refractivity contribution in [2.75, 3.05) is 13.1 Å². The Bertz CT molecular complexity index is 571. The summed E-state index contributed by atoms with van der Waals surface area (Å²) < 4.78 is 1.51. The Morgan fingerprint density at radius 2 is 2.05 bits per heavy atom. The number of hydrogen-bond donors (Lipinski definition) is 1. The van der Waals surface area contributed by atoms with E-state index in [0.29, 0.717) is 31.6 Å². The Balaban J connectivity index is 1.48. The molecule has 2 fully saturated rings. The number of carbonyl (C=O) groups excluding carboxylic acids is 1. The van der Waals surface area contributed by atoms with Crippen LogP contribution in [0.3, 0.4) is 0 Å². The van der Waals surface area contributed by atoms with E-state index < -0.39 is 0 Å². The minimum absolute atomic E-state index is 0.0442. The van der Waals surface area contributed by atoms with E-state index >= 15 is 0 Å². The number of aromatic nitrogens is 2. The van der Waals surface area contributed by atoms with E-state index in [1.807, 2.05) is 11.8 Å². The second kappa shape index (κ2) is 5.87. The summed E-state index contributed by atoms with van der Waals surface area (Å²) in [5.74, 6) is 0.325. The third-order valence-electron chi connectivity index (χ3n) is 4.36. The molecule has 114 valence electrons. The van der Waals surface area contributed by atoms with Crippen LogP contribution in [0.1, 0.15) is 31.4 Å². The smallest absolute Gasteiger partial charge is 0.317 e. The van der Waals surface area contributed by atoms with E-state index in [9.17, 15) is 9.59 Å². The predicted molar refractivity (Wildman–Crippen MR) is 79.1 cm³/mol. The van der Waals surface area contributed by atoms with Gasteiger partial charge in [0.2, 0.25) is 0 Å². The summed E-state index contributed by atoms with van der Waals surface area (Å²) in [6.45, 7) is 3.88. The van der Waals surface area contributed by atoms with Crippen LogP contribution in [0, 0.1) is 12.8 Å². The third-order valence-corrected chi connectivity index (χ3v) is 4.36. The molecule has 1 aliphatic heterocycles. The molecule has 0 atom stereocenters. The molecule has 2 heterocycles. The maximum Gasteiger partial charge on any atom is 0.317 e. The van der Waals surface area contributed by atoms with Crippen molar-refractivity contribution in [3.05, 3.63) is 28.2 Å². The molecule has 0 aromatic carbocycles. The normalized spacial score (nSPS) is 19.6. The summed E-state index contributed by atoms with van der Waals surface area (Å²) in [5, 5.41) is 7.32. The highest BCUT2D eigenvalue weighted by molar-refractivity contribution is 5.75. The number of amides is 2. The van der Waals surface area contributed by atoms with E-state index in [-0.39, 0.29) is 11.6 Å². The van der Waals surface area contributed by atoms with Crippen molar-refractivity contribution < 1.29 is 4.79 Å². The molecule has 1 saturated heterocycles. The van der Waals surface area contributed by atoms with Gasteiger partial charge in [-0.25, -0.2) is 9.48 Å². The molecule has 6 nitrogen and oxygen atoms in total. The lowest BCUT2D eigenvalue weighted by atomic mass is 10.0. The number of hydrogen-bond acceptors (Lipinski definition) is 3. The van der Waals surface area contributed by atoms with Crippen LogP contribution in [0.25, 0.3) is 0 Å². The first kappa shape index (κ1) is 14.1. The number of carbonyl (C=O) groups is 1. The summed E-state index contributed by atoms with van der Waals surface area (Å²) in [6, 6.07) is 3.67. The first-order valence-electron chi connectivity index (χ1n) is 7.72. The zero-order valence-corrected chi connectivity index (χ0v) is 12.4. The Morgan fingerprint density at radius 1 is 1.33 bits per heavy atom. The van der Waals surface area contributed by atoms with Crippen LogP contribution in [-0.4, -0.2) is 39.8 Å². The molecule has 1 aliphatic carbocycles. The first-order chi connectivity index (χ1) is 10.1. The molecule has 0 unspecified atom stereocenters. The summed E-state index contributed by atoms with van der Waals surface area (Å²) in [4.78, 5) is 25.6. The lowest BCUT2D eigenvalue weighted by molar-refractivity contribution is 0.105. The highest BCUT2D eigenvalue weighted by Gasteiger charge is 2.32. The Hall–Kier alpha value is -1.85. The maximum atomic E-state index is 12.0. The van der Waals surface area contributed by atoms with Gasteiger partial charge in [-0.3, -0.25) is 4.79 Å². The van der Waals surface area contributed by atoms with Crippen LogP contribution in [0.5, 0.6) is 0 Å². The average Bonchev–Trinajstić information content (AvgIpc) is 2.89. The summed E-state index contributed by atoms with van der Waals surface area (Å²) in [6.07, 6.45) is 4.64. The summed E-state index contributed by atoms with van der Waals surface area (Å²) in [7, 11) is 0. The van der Waals surface area contributed by atoms with Crippen molar-refractivity contribution in [1.82, 2.24) is 20.0 Å². The van der Waals surface area contributed by atoms with E-state index in [1.54, 1.807) is 12.1 Å². The fourth-order valence-corrected chi connectivity index (χ4v) is 3.11. The Morgan fingerprint density at radius 3 is 2.76 bits per heavy atom. The largest absolute Gasteiger partial charge is 0.335 e. The quantitative estimate of drug-likeness (QED) is 0.907. The first-order valence-corrected chi connectivity index (χ1v) is 7.72. The van der Waals surface area contributed by atoms with Gasteiger partial charge in [0.15, 0.2) is 0 Å². The summed E-state index contributed by atoms with van der Waals surface area (Å²) >= 11 is 0. The van der Waals surface area contributed by atoms with Crippen LogP contribution in [-0.2, 0) is 6.54 Å². The minimum Gasteiger partial charge on any atom is -0.335 e. The molecule has 2 aliphatic rings. The molecule has 0 bridgehead atoms. The van der Waals surface area contributed by atoms with E-state index in [0.717, 1.165) is 18.5 Å². The SMILES string of the molecule is Cc1ccc(=O)n(CC2CN(C(=O)NC3CCCC3)C2)n1. The second-order valence-electron chi connectivity index (χ2n) is 6.20. The van der Waals surface area contributed by atoms with Gasteiger partial charge < -0.3 is 10.2 Å². The molecule has 1 saturated carbocycles. The van der Waals surface area contributed by atoms with Crippen LogP contribution in [0.2, 0.25) is 0 Å². The van der Waals surface area contributed by atoms with Crippen molar-refractivity contribution in [1.29, 1.82) is 0 Å². The highest BCUT2D eigenvalue weighted by Crippen LogP contribution is 2.20. The van der Waals surface area contributed by atoms with E-state index in [2.05, 4.69) is 10.4 Å². The molecule has 1 aromatic heterocycles. The van der Waals surface area contributed by atoms with Crippen molar-refractivity contribution in [3.63, 3.8) is 0 Å². The molecule has 2 amide bonds. The van der Waals surface area contributed by atoms with Crippen molar-refractivity contribution in [2.45, 2.75) is 45.2 Å². The van der Waals surface area contributed by atoms with Crippen LogP contribution in [0.15, 0.2) is 16.9 Å². The van der Waals surface area contributed by atoms with Gasteiger partial charge in [0.1, 0.15) is 0 Å². The van der Waals surface area contributed by atoms with Gasteiger partial charge in [-0.1, -0.05) is 12.8 Å². The molecule has 6 heteroatoms. The fourth-order valence-electron chi connectivity index (χ4n) is 3.11. The number of aryl methyl sites for hydroxylation is 1. The standard InChI is InChI=1S/C15H22N4O2/c1-11-6-7-14(20)19(17-11)10-12-8-18(9-12)15(21)16-13-4-2-3-5-13/h6-7,12-13H,2-5,8-10H2,1H3,(H,16,21). The Labute approximate surface area is 124 Å². The van der Waals surface area contributed by atoms with Crippen molar-refractivity contribution in [3.8, 4) is 0 Å². The minimum atomic E-state index is -0.0746. The van der Waals surface area contributed by atoms with Crippen molar-refractivity contribution >= 4 is 6.03 Å². The average molecular weight is 290 g/mol. The Kier molecular flexibility index (Phi) is 3.94. The number of urea groups is 1. The summed E-state index contributed by atoms with van der Waals surface area (Å²) in [5.41, 5.74) is 0.763. The number of nitrogens with one attached hydrogen (secondary N) is 1. The van der Waals surface area contributed by atoms with Gasteiger partial charge in [0.25, 0.3) is 5.56 Å². The van der Waals surface area contributed by atoms with Gasteiger partial charge in [-0.15, -0.1) is 0 Å². The lowest BCUT2D eigenvalue weighted by Crippen LogP contribution is -2.56. The monoisotopic (exact) mass is 290 g/mol. The van der Waals surface area contributed by atoms with Crippen LogP contribution >= 0.6 is 0 Å². The van der Waals surface area contributed by atoms with Crippen LogP contribution in [0.4, 0.5) is 4.79 Å². The second-order valence-corrected chi connectivity index (χ2v) is 6.20. The van der Waals surface area contributed by atoms with Gasteiger partial charge >= 0.3 is 6.03 Å². The highest BCUT2D eigenvalue weighted by atomic mass is 16.2. The zero-order chi connectivity index (χ0) is 14.8. The van der Waals surface area contributed by atoms with E-state index in [1.165, 1.54) is 17.5 Å². The lowest BCUT2D eigenvalue weighted by Gasteiger charge is -2.39. The molecule has 1 aromatic rings. The maximum absolute atomic E-state index is 12.0. The van der Waals surface area contributed by atoms with Crippen molar-refractivity contribution in [2.24, 2.45) is 5.92 Å². The molecule has 0 spiro atoms. The number of nitrogens with zero attached hydrogens (tertiary/aromatic N) is 3. The number of rotatable bonds is 3. The fraction of sp³-hybridized carbons (Fsp3) is 0.667. The van der Waals surface area contributed by atoms with Gasteiger partial charge in [0.05, 0.1) is 12.2 Å². The third kappa shape index (κ3) is 3.25. The van der Waals surface area contributed by atoms with E-state index in [4.69, 9.17) is 0 Å². The predicted octanol–water partition coefficient (Wildman–Crippen LogP) is 1.14. The van der Waals surface area contributed by atoms with Crippen LogP contribution < -0.4 is 10.9 Å². The molecule has 3 rings (SSSR count).